The van der Waals surface area contributed by atoms with Crippen LogP contribution in [0.1, 0.15) is 22.8 Å². The number of halogens is 3. The number of ether oxygens (including phenoxy) is 1. The standard InChI is InChI=1S/C13H16F3NO3/c1-12(19,8-20-2)7-17-11(18)9-4-3-5-10(6-9)13(14,15)16/h3-6,19H,7-8H2,1-2H3,(H,17,18)/t12-/m1/s1. The first kappa shape index (κ1) is 16.5. The lowest BCUT2D eigenvalue weighted by Crippen LogP contribution is -2.43. The third kappa shape index (κ3) is 4.82. The fourth-order valence-corrected chi connectivity index (χ4v) is 1.57. The van der Waals surface area contributed by atoms with Gasteiger partial charge in [0.05, 0.1) is 12.2 Å². The zero-order valence-electron chi connectivity index (χ0n) is 11.1. The van der Waals surface area contributed by atoms with Crippen molar-refractivity contribution in [3.63, 3.8) is 0 Å². The zero-order valence-corrected chi connectivity index (χ0v) is 11.1. The van der Waals surface area contributed by atoms with E-state index in [1.165, 1.54) is 20.1 Å². The second-order valence-corrected chi connectivity index (χ2v) is 4.69. The molecule has 0 aliphatic rings. The molecule has 0 bridgehead atoms. The van der Waals surface area contributed by atoms with E-state index in [1.54, 1.807) is 0 Å². The molecule has 7 heteroatoms. The highest BCUT2D eigenvalue weighted by Crippen LogP contribution is 2.29. The molecule has 1 atom stereocenters. The van der Waals surface area contributed by atoms with Crippen molar-refractivity contribution in [1.29, 1.82) is 0 Å². The summed E-state index contributed by atoms with van der Waals surface area (Å²) in [5.41, 5.74) is -2.30. The minimum Gasteiger partial charge on any atom is -0.386 e. The summed E-state index contributed by atoms with van der Waals surface area (Å²) in [7, 11) is 1.39. The van der Waals surface area contributed by atoms with Gasteiger partial charge in [0.15, 0.2) is 0 Å². The lowest BCUT2D eigenvalue weighted by atomic mass is 10.1. The minimum absolute atomic E-state index is 0.00410. The SMILES string of the molecule is COC[C@](C)(O)CNC(=O)c1cccc(C(F)(F)F)c1. The molecule has 0 heterocycles. The van der Waals surface area contributed by atoms with Crippen LogP contribution in [0.5, 0.6) is 0 Å². The van der Waals surface area contributed by atoms with Gasteiger partial charge in [0.25, 0.3) is 5.91 Å². The Hall–Kier alpha value is -1.60. The largest absolute Gasteiger partial charge is 0.416 e. The molecule has 0 radical (unpaired) electrons. The highest BCUT2D eigenvalue weighted by Gasteiger charge is 2.31. The Bertz CT molecular complexity index is 472. The Balaban J connectivity index is 2.74. The van der Waals surface area contributed by atoms with Crippen molar-refractivity contribution in [1.82, 2.24) is 5.32 Å². The molecular weight excluding hydrogens is 275 g/mol. The van der Waals surface area contributed by atoms with Crippen LogP contribution < -0.4 is 5.32 Å². The van der Waals surface area contributed by atoms with Crippen LogP contribution in [-0.4, -0.2) is 36.9 Å². The molecule has 0 spiro atoms. The van der Waals surface area contributed by atoms with Crippen molar-refractivity contribution in [3.8, 4) is 0 Å². The molecule has 0 aliphatic heterocycles. The Morgan fingerprint density at radius 3 is 2.60 bits per heavy atom. The minimum atomic E-state index is -4.50. The first-order chi connectivity index (χ1) is 9.15. The lowest BCUT2D eigenvalue weighted by molar-refractivity contribution is -0.137. The topological polar surface area (TPSA) is 58.6 Å². The van der Waals surface area contributed by atoms with Crippen LogP contribution in [0.3, 0.4) is 0 Å². The Morgan fingerprint density at radius 1 is 1.40 bits per heavy atom. The molecule has 0 aliphatic carbocycles. The number of rotatable bonds is 5. The molecule has 4 nitrogen and oxygen atoms in total. The number of hydrogen-bond acceptors (Lipinski definition) is 3. The van der Waals surface area contributed by atoms with Crippen LogP contribution in [0.2, 0.25) is 0 Å². The number of carbonyl (C=O) groups excluding carboxylic acids is 1. The molecule has 1 aromatic rings. The van der Waals surface area contributed by atoms with E-state index in [4.69, 9.17) is 4.74 Å². The predicted molar refractivity (Wildman–Crippen MR) is 66.3 cm³/mol. The van der Waals surface area contributed by atoms with E-state index < -0.39 is 23.2 Å². The second-order valence-electron chi connectivity index (χ2n) is 4.69. The van der Waals surface area contributed by atoms with E-state index in [2.05, 4.69) is 5.32 Å². The summed E-state index contributed by atoms with van der Waals surface area (Å²) in [6.45, 7) is 1.31. The summed E-state index contributed by atoms with van der Waals surface area (Å²) < 4.78 is 42.3. The summed E-state index contributed by atoms with van der Waals surface area (Å²) in [6.07, 6.45) is -4.50. The molecule has 0 fully saturated rings. The summed E-state index contributed by atoms with van der Waals surface area (Å²) in [4.78, 5) is 11.7. The fraction of sp³-hybridized carbons (Fsp3) is 0.462. The van der Waals surface area contributed by atoms with Crippen molar-refractivity contribution in [3.05, 3.63) is 35.4 Å². The summed E-state index contributed by atoms with van der Waals surface area (Å²) in [5, 5.41) is 12.1. The van der Waals surface area contributed by atoms with E-state index in [-0.39, 0.29) is 18.7 Å². The van der Waals surface area contributed by atoms with Crippen molar-refractivity contribution >= 4 is 5.91 Å². The molecule has 112 valence electrons. The monoisotopic (exact) mass is 291 g/mol. The molecule has 0 aromatic heterocycles. The van der Waals surface area contributed by atoms with Crippen LogP contribution in [-0.2, 0) is 10.9 Å². The third-order valence-corrected chi connectivity index (χ3v) is 2.54. The number of nitrogens with one attached hydrogen (secondary N) is 1. The number of methoxy groups -OCH3 is 1. The maximum absolute atomic E-state index is 12.5. The Kier molecular flexibility index (Phi) is 5.13. The van der Waals surface area contributed by atoms with Gasteiger partial charge < -0.3 is 15.2 Å². The van der Waals surface area contributed by atoms with Crippen LogP contribution in [0.4, 0.5) is 13.2 Å². The van der Waals surface area contributed by atoms with Gasteiger partial charge in [0, 0.05) is 19.2 Å². The summed E-state index contributed by atoms with van der Waals surface area (Å²) in [5.74, 6) is -0.688. The number of aliphatic hydroxyl groups is 1. The zero-order chi connectivity index (χ0) is 15.4. The van der Waals surface area contributed by atoms with Gasteiger partial charge in [0.1, 0.15) is 5.60 Å². The molecule has 20 heavy (non-hydrogen) atoms. The van der Waals surface area contributed by atoms with E-state index >= 15 is 0 Å². The normalized spacial score (nSPS) is 14.7. The van der Waals surface area contributed by atoms with Crippen LogP contribution in [0, 0.1) is 0 Å². The first-order valence-electron chi connectivity index (χ1n) is 5.82. The van der Waals surface area contributed by atoms with Crippen molar-refractivity contribution in [2.24, 2.45) is 0 Å². The third-order valence-electron chi connectivity index (χ3n) is 2.54. The summed E-state index contributed by atoms with van der Waals surface area (Å²) >= 11 is 0. The quantitative estimate of drug-likeness (QED) is 0.870. The van der Waals surface area contributed by atoms with Gasteiger partial charge in [-0.3, -0.25) is 4.79 Å². The average Bonchev–Trinajstić information content (AvgIpc) is 2.35. The highest BCUT2D eigenvalue weighted by molar-refractivity contribution is 5.94. The maximum atomic E-state index is 12.5. The van der Waals surface area contributed by atoms with Crippen LogP contribution in [0.15, 0.2) is 24.3 Å². The van der Waals surface area contributed by atoms with Gasteiger partial charge in [-0.25, -0.2) is 0 Å². The van der Waals surface area contributed by atoms with Gasteiger partial charge in [-0.2, -0.15) is 13.2 Å². The van der Waals surface area contributed by atoms with E-state index in [1.807, 2.05) is 0 Å². The Labute approximate surface area is 114 Å². The van der Waals surface area contributed by atoms with Crippen LogP contribution in [0.25, 0.3) is 0 Å². The predicted octanol–water partition coefficient (Wildman–Crippen LogP) is 1.83. The second kappa shape index (κ2) is 6.23. The number of hydrogen-bond donors (Lipinski definition) is 2. The maximum Gasteiger partial charge on any atom is 0.416 e. The van der Waals surface area contributed by atoms with Crippen molar-refractivity contribution in [2.75, 3.05) is 20.3 Å². The first-order valence-corrected chi connectivity index (χ1v) is 5.82. The summed E-state index contributed by atoms with van der Waals surface area (Å²) in [6, 6.07) is 4.08. The number of alkyl halides is 3. The Morgan fingerprint density at radius 2 is 2.05 bits per heavy atom. The van der Waals surface area contributed by atoms with E-state index in [0.29, 0.717) is 0 Å². The van der Waals surface area contributed by atoms with Crippen molar-refractivity contribution < 1.29 is 27.8 Å². The van der Waals surface area contributed by atoms with E-state index in [0.717, 1.165) is 18.2 Å². The number of amides is 1. The average molecular weight is 291 g/mol. The lowest BCUT2D eigenvalue weighted by Gasteiger charge is -2.22. The molecule has 2 N–H and O–H groups in total. The van der Waals surface area contributed by atoms with Gasteiger partial charge >= 0.3 is 6.18 Å². The molecular formula is C13H16F3NO3. The molecule has 1 rings (SSSR count). The fourth-order valence-electron chi connectivity index (χ4n) is 1.57. The smallest absolute Gasteiger partial charge is 0.386 e. The van der Waals surface area contributed by atoms with Gasteiger partial charge in [0.2, 0.25) is 0 Å². The molecule has 0 unspecified atom stereocenters. The molecule has 1 aromatic carbocycles. The molecule has 0 saturated heterocycles. The molecule has 0 saturated carbocycles. The highest BCUT2D eigenvalue weighted by atomic mass is 19.4. The number of benzene rings is 1. The van der Waals surface area contributed by atoms with Gasteiger partial charge in [-0.1, -0.05) is 6.07 Å². The van der Waals surface area contributed by atoms with E-state index in [9.17, 15) is 23.1 Å². The molecule has 1 amide bonds. The number of carbonyl (C=O) groups is 1. The van der Waals surface area contributed by atoms with Gasteiger partial charge in [-0.15, -0.1) is 0 Å². The van der Waals surface area contributed by atoms with Gasteiger partial charge in [-0.05, 0) is 25.1 Å². The van der Waals surface area contributed by atoms with Crippen molar-refractivity contribution in [2.45, 2.75) is 18.7 Å². The van der Waals surface area contributed by atoms with Crippen LogP contribution >= 0.6 is 0 Å².